The highest BCUT2D eigenvalue weighted by Crippen LogP contribution is 2.43. The average Bonchev–Trinajstić information content (AvgIpc) is 3.51. The van der Waals surface area contributed by atoms with Crippen LogP contribution in [0.3, 0.4) is 0 Å². The van der Waals surface area contributed by atoms with Crippen LogP contribution >= 0.6 is 11.8 Å². The number of thioether (sulfide) groups is 1. The Morgan fingerprint density at radius 2 is 1.74 bits per heavy atom. The minimum absolute atomic E-state index is 0.178. The molecule has 0 bridgehead atoms. The van der Waals surface area contributed by atoms with Crippen molar-refractivity contribution in [1.29, 1.82) is 0 Å². The van der Waals surface area contributed by atoms with Gasteiger partial charge in [0.25, 0.3) is 0 Å². The second kappa shape index (κ2) is 8.83. The van der Waals surface area contributed by atoms with Gasteiger partial charge in [0.2, 0.25) is 5.91 Å². The summed E-state index contributed by atoms with van der Waals surface area (Å²) < 4.78 is 2.25. The lowest BCUT2D eigenvalue weighted by atomic mass is 10.1. The molecule has 1 aliphatic heterocycles. The van der Waals surface area contributed by atoms with Crippen molar-refractivity contribution in [1.82, 2.24) is 24.6 Å². The van der Waals surface area contributed by atoms with Crippen LogP contribution in [0.5, 0.6) is 0 Å². The summed E-state index contributed by atoms with van der Waals surface area (Å²) in [6.07, 6.45) is 4.28. The Morgan fingerprint density at radius 3 is 2.50 bits per heavy atom. The second-order valence-electron chi connectivity index (χ2n) is 9.06. The van der Waals surface area contributed by atoms with Gasteiger partial charge < -0.3 is 14.8 Å². The van der Waals surface area contributed by atoms with Gasteiger partial charge in [0.1, 0.15) is 0 Å². The number of hydrogen-bond acceptors (Lipinski definition) is 5. The molecule has 1 N–H and O–H groups in total. The molecule has 1 atom stereocenters. The maximum atomic E-state index is 13.3. The number of nitrogens with one attached hydrogen (secondary N) is 1. The third-order valence-corrected chi connectivity index (χ3v) is 7.79. The topological polar surface area (TPSA) is 70.0 Å². The molecule has 1 saturated carbocycles. The fourth-order valence-corrected chi connectivity index (χ4v) is 5.75. The van der Waals surface area contributed by atoms with Crippen LogP contribution in [0.2, 0.25) is 0 Å². The van der Waals surface area contributed by atoms with E-state index in [1.54, 1.807) is 0 Å². The maximum absolute atomic E-state index is 13.3. The molecule has 1 saturated heterocycles. The van der Waals surface area contributed by atoms with Gasteiger partial charge >= 0.3 is 0 Å². The first-order valence-electron chi connectivity index (χ1n) is 12.0. The number of nitrogens with zero attached hydrogens (tertiary/aromatic N) is 5. The molecular formula is C26H28N6OS. The van der Waals surface area contributed by atoms with Crippen molar-refractivity contribution in [2.75, 3.05) is 31.1 Å². The number of H-pyrrole nitrogens is 1. The molecule has 3 heterocycles. The van der Waals surface area contributed by atoms with Crippen LogP contribution in [0.1, 0.15) is 25.8 Å². The lowest BCUT2D eigenvalue weighted by Crippen LogP contribution is -2.50. The molecule has 2 aromatic carbocycles. The Hall–Kier alpha value is -3.26. The van der Waals surface area contributed by atoms with Gasteiger partial charge in [-0.15, -0.1) is 10.2 Å². The van der Waals surface area contributed by atoms with Gasteiger partial charge in [-0.1, -0.05) is 48.2 Å². The first-order valence-corrected chi connectivity index (χ1v) is 12.8. The van der Waals surface area contributed by atoms with Crippen LogP contribution in [0.4, 0.5) is 5.69 Å². The van der Waals surface area contributed by atoms with Crippen LogP contribution in [0.15, 0.2) is 66.0 Å². The van der Waals surface area contributed by atoms with Crippen LogP contribution < -0.4 is 4.90 Å². The highest BCUT2D eigenvalue weighted by molar-refractivity contribution is 8.00. The van der Waals surface area contributed by atoms with Crippen molar-refractivity contribution in [3.05, 3.63) is 60.8 Å². The third-order valence-electron chi connectivity index (χ3n) is 6.75. The summed E-state index contributed by atoms with van der Waals surface area (Å²) in [5.74, 6) is 1.07. The van der Waals surface area contributed by atoms with E-state index < -0.39 is 0 Å². The van der Waals surface area contributed by atoms with E-state index in [1.807, 2.05) is 36.2 Å². The Kier molecular flexibility index (Phi) is 5.53. The molecule has 1 amide bonds. The normalized spacial score (nSPS) is 17.3. The number of benzene rings is 2. The Labute approximate surface area is 203 Å². The molecule has 7 nitrogen and oxygen atoms in total. The fourth-order valence-electron chi connectivity index (χ4n) is 4.75. The largest absolute Gasteiger partial charge is 0.368 e. The number of rotatable bonds is 6. The summed E-state index contributed by atoms with van der Waals surface area (Å²) in [6, 6.07) is 19.1. The third kappa shape index (κ3) is 3.96. The van der Waals surface area contributed by atoms with Crippen LogP contribution in [0.25, 0.3) is 22.3 Å². The Balaban J connectivity index is 1.17. The fraction of sp³-hybridized carbons (Fsp3) is 0.346. The van der Waals surface area contributed by atoms with Gasteiger partial charge in [-0.2, -0.15) is 0 Å². The number of aromatic amines is 1. The van der Waals surface area contributed by atoms with Gasteiger partial charge in [0.05, 0.1) is 5.25 Å². The van der Waals surface area contributed by atoms with Crippen LogP contribution in [-0.2, 0) is 4.79 Å². The summed E-state index contributed by atoms with van der Waals surface area (Å²) in [5.41, 5.74) is 3.38. The minimum Gasteiger partial charge on any atom is -0.368 e. The molecule has 1 aliphatic carbocycles. The number of para-hydroxylation sites is 2. The van der Waals surface area contributed by atoms with Crippen molar-refractivity contribution < 1.29 is 4.79 Å². The summed E-state index contributed by atoms with van der Waals surface area (Å²) in [5, 5.41) is 10.9. The molecular weight excluding hydrogens is 444 g/mol. The number of amides is 1. The minimum atomic E-state index is -0.208. The summed E-state index contributed by atoms with van der Waals surface area (Å²) >= 11 is 1.54. The molecule has 6 rings (SSSR count). The van der Waals surface area contributed by atoms with Gasteiger partial charge in [-0.3, -0.25) is 9.36 Å². The van der Waals surface area contributed by atoms with Crippen LogP contribution in [-0.4, -0.2) is 62.0 Å². The number of aromatic nitrogens is 4. The number of fused-ring (bicyclic) bond motifs is 1. The van der Waals surface area contributed by atoms with E-state index in [0.717, 1.165) is 66.5 Å². The summed E-state index contributed by atoms with van der Waals surface area (Å²) in [7, 11) is 0. The SMILES string of the molecule is C[C@H](Sc1nnc(-c2c[nH]c3ccccc23)n1C1CC1)C(=O)N1CCN(c2ccccc2)CC1. The van der Waals surface area contributed by atoms with E-state index in [0.29, 0.717) is 6.04 Å². The quantitative estimate of drug-likeness (QED) is 0.416. The summed E-state index contributed by atoms with van der Waals surface area (Å²) in [6.45, 7) is 5.20. The molecule has 0 unspecified atom stereocenters. The summed E-state index contributed by atoms with van der Waals surface area (Å²) in [4.78, 5) is 21.0. The van der Waals surface area contributed by atoms with Gasteiger partial charge in [-0.25, -0.2) is 0 Å². The zero-order chi connectivity index (χ0) is 23.1. The molecule has 34 heavy (non-hydrogen) atoms. The number of carbonyl (C=O) groups is 1. The molecule has 0 spiro atoms. The second-order valence-corrected chi connectivity index (χ2v) is 10.4. The zero-order valence-electron chi connectivity index (χ0n) is 19.2. The Bertz CT molecular complexity index is 1300. The van der Waals surface area contributed by atoms with E-state index in [-0.39, 0.29) is 11.2 Å². The van der Waals surface area contributed by atoms with Crippen molar-refractivity contribution in [2.45, 2.75) is 36.2 Å². The number of hydrogen-bond donors (Lipinski definition) is 1. The first kappa shape index (κ1) is 21.3. The molecule has 8 heteroatoms. The highest BCUT2D eigenvalue weighted by atomic mass is 32.2. The smallest absolute Gasteiger partial charge is 0.236 e. The number of anilines is 1. The molecule has 0 radical (unpaired) electrons. The molecule has 4 aromatic rings. The predicted molar refractivity (Wildman–Crippen MR) is 136 cm³/mol. The lowest BCUT2D eigenvalue weighted by Gasteiger charge is -2.37. The first-order chi connectivity index (χ1) is 16.7. The van der Waals surface area contributed by atoms with Crippen molar-refractivity contribution in [3.63, 3.8) is 0 Å². The van der Waals surface area contributed by atoms with E-state index in [4.69, 9.17) is 0 Å². The average molecular weight is 473 g/mol. The van der Waals surface area contributed by atoms with Gasteiger partial charge in [0, 0.05) is 60.6 Å². The lowest BCUT2D eigenvalue weighted by molar-refractivity contribution is -0.130. The van der Waals surface area contributed by atoms with E-state index in [1.165, 1.54) is 17.4 Å². The van der Waals surface area contributed by atoms with Gasteiger partial charge in [-0.05, 0) is 38.0 Å². The number of carbonyl (C=O) groups excluding carboxylic acids is 1. The molecule has 2 aliphatic rings. The molecule has 2 fully saturated rings. The van der Waals surface area contributed by atoms with E-state index >= 15 is 0 Å². The molecule has 2 aromatic heterocycles. The Morgan fingerprint density at radius 1 is 1.00 bits per heavy atom. The maximum Gasteiger partial charge on any atom is 0.236 e. The van der Waals surface area contributed by atoms with Crippen molar-refractivity contribution >= 4 is 34.3 Å². The zero-order valence-corrected chi connectivity index (χ0v) is 20.0. The number of piperazine rings is 1. The highest BCUT2D eigenvalue weighted by Gasteiger charge is 2.33. The van der Waals surface area contributed by atoms with E-state index in [9.17, 15) is 4.79 Å². The van der Waals surface area contributed by atoms with E-state index in [2.05, 4.69) is 61.0 Å². The van der Waals surface area contributed by atoms with Gasteiger partial charge in [0.15, 0.2) is 11.0 Å². The standard InChI is InChI=1S/C26H28N6OS/c1-18(25(33)31-15-13-30(14-16-31)19-7-3-2-4-8-19)34-26-29-28-24(32(26)20-11-12-20)22-17-27-23-10-6-5-9-21(22)23/h2-10,17-18,20,27H,11-16H2,1H3/t18-/m0/s1. The van der Waals surface area contributed by atoms with Crippen molar-refractivity contribution in [3.8, 4) is 11.4 Å². The molecule has 174 valence electrons. The van der Waals surface area contributed by atoms with Crippen molar-refractivity contribution in [2.24, 2.45) is 0 Å². The monoisotopic (exact) mass is 472 g/mol. The predicted octanol–water partition coefficient (Wildman–Crippen LogP) is 4.59. The van der Waals surface area contributed by atoms with Crippen LogP contribution in [0, 0.1) is 0 Å².